The fourth-order valence-corrected chi connectivity index (χ4v) is 3.96. The zero-order valence-corrected chi connectivity index (χ0v) is 16.1. The zero-order valence-electron chi connectivity index (χ0n) is 14.5. The van der Waals surface area contributed by atoms with E-state index in [-0.39, 0.29) is 36.1 Å². The van der Waals surface area contributed by atoms with Crippen LogP contribution in [0.5, 0.6) is 0 Å². The quantitative estimate of drug-likeness (QED) is 0.791. The summed E-state index contributed by atoms with van der Waals surface area (Å²) < 4.78 is 0. The highest BCUT2D eigenvalue weighted by Crippen LogP contribution is 2.32. The van der Waals surface area contributed by atoms with Crippen LogP contribution < -0.4 is 11.1 Å². The summed E-state index contributed by atoms with van der Waals surface area (Å²) in [6.45, 7) is 2.31. The van der Waals surface area contributed by atoms with Gasteiger partial charge in [0.15, 0.2) is 0 Å². The lowest BCUT2D eigenvalue weighted by Crippen LogP contribution is -2.33. The number of amides is 2. The van der Waals surface area contributed by atoms with Gasteiger partial charge >= 0.3 is 0 Å². The van der Waals surface area contributed by atoms with Crippen molar-refractivity contribution in [3.63, 3.8) is 0 Å². The molecular formula is C19H24ClN3O2S. The number of halogens is 1. The number of hydrogen-bond acceptors (Lipinski definition) is 4. The molecule has 5 nitrogen and oxygen atoms in total. The first-order valence-electron chi connectivity index (χ1n) is 8.52. The topological polar surface area (TPSA) is 75.4 Å². The van der Waals surface area contributed by atoms with Crippen molar-refractivity contribution in [1.82, 2.24) is 10.2 Å². The zero-order chi connectivity index (χ0) is 17.6. The number of rotatable bonds is 6. The minimum absolute atomic E-state index is 0. The number of carbonyl (C=O) groups is 2. The van der Waals surface area contributed by atoms with Gasteiger partial charge in [-0.2, -0.15) is 11.3 Å². The summed E-state index contributed by atoms with van der Waals surface area (Å²) in [5, 5.41) is 6.46. The van der Waals surface area contributed by atoms with E-state index >= 15 is 0 Å². The lowest BCUT2D eigenvalue weighted by atomic mass is 9.89. The molecule has 26 heavy (non-hydrogen) atoms. The summed E-state index contributed by atoms with van der Waals surface area (Å²) in [6.07, 6.45) is 0.314. The summed E-state index contributed by atoms with van der Waals surface area (Å²) >= 11 is 1.48. The molecule has 2 aromatic rings. The van der Waals surface area contributed by atoms with E-state index in [1.807, 2.05) is 28.5 Å². The molecule has 3 rings (SSSR count). The summed E-state index contributed by atoms with van der Waals surface area (Å²) in [7, 11) is 0. The molecule has 1 fully saturated rings. The Balaban J connectivity index is 0.00000243. The predicted molar refractivity (Wildman–Crippen MR) is 107 cm³/mol. The summed E-state index contributed by atoms with van der Waals surface area (Å²) in [5.74, 6) is 0.516. The van der Waals surface area contributed by atoms with E-state index < -0.39 is 0 Å². The van der Waals surface area contributed by atoms with Gasteiger partial charge in [0.05, 0.1) is 0 Å². The van der Waals surface area contributed by atoms with Crippen molar-refractivity contribution in [2.45, 2.75) is 12.3 Å². The normalized spacial score (nSPS) is 19.0. The van der Waals surface area contributed by atoms with Crippen LogP contribution in [0.4, 0.5) is 0 Å². The Morgan fingerprint density at radius 1 is 1.19 bits per heavy atom. The molecule has 2 atom stereocenters. The van der Waals surface area contributed by atoms with E-state index in [9.17, 15) is 9.59 Å². The van der Waals surface area contributed by atoms with Crippen molar-refractivity contribution in [3.05, 3.63) is 58.3 Å². The van der Waals surface area contributed by atoms with Crippen molar-refractivity contribution in [3.8, 4) is 0 Å². The highest BCUT2D eigenvalue weighted by atomic mass is 35.5. The van der Waals surface area contributed by atoms with Gasteiger partial charge in [0.1, 0.15) is 0 Å². The number of likely N-dealkylation sites (tertiary alicyclic amines) is 1. The molecule has 1 aliphatic heterocycles. The molecule has 3 N–H and O–H groups in total. The average molecular weight is 394 g/mol. The number of hydrogen-bond donors (Lipinski definition) is 2. The van der Waals surface area contributed by atoms with Crippen LogP contribution in [0.3, 0.4) is 0 Å². The van der Waals surface area contributed by atoms with Crippen LogP contribution in [0.15, 0.2) is 47.2 Å². The fourth-order valence-electron chi connectivity index (χ4n) is 3.33. The third-order valence-corrected chi connectivity index (χ3v) is 5.42. The standard InChI is InChI=1S/C19H23N3O2S.ClH/c20-10-16-11-22(12-17(16)14-4-2-1-3-5-14)18(23)6-8-21-19(24)15-7-9-25-13-15;/h1-5,7,9,13,16-17H,6,8,10-12,20H2,(H,21,24);1H/t16-,17+;/m1./s1. The predicted octanol–water partition coefficient (Wildman–Crippen LogP) is 2.49. The lowest BCUT2D eigenvalue weighted by Gasteiger charge is -2.17. The molecule has 7 heteroatoms. The molecule has 1 aliphatic rings. The number of thiophene rings is 1. The van der Waals surface area contributed by atoms with Gasteiger partial charge < -0.3 is 16.0 Å². The van der Waals surface area contributed by atoms with E-state index in [0.717, 1.165) is 0 Å². The van der Waals surface area contributed by atoms with E-state index in [1.165, 1.54) is 16.9 Å². The second-order valence-corrected chi connectivity index (χ2v) is 7.11. The largest absolute Gasteiger partial charge is 0.351 e. The van der Waals surface area contributed by atoms with Gasteiger partial charge in [-0.1, -0.05) is 30.3 Å². The third-order valence-electron chi connectivity index (χ3n) is 4.73. The van der Waals surface area contributed by atoms with Gasteiger partial charge in [0, 0.05) is 42.9 Å². The first kappa shape index (κ1) is 20.4. The molecule has 2 heterocycles. The average Bonchev–Trinajstić information content (AvgIpc) is 3.32. The molecule has 1 saturated heterocycles. The number of nitrogens with zero attached hydrogens (tertiary/aromatic N) is 1. The van der Waals surface area contributed by atoms with E-state index in [0.29, 0.717) is 38.2 Å². The Morgan fingerprint density at radius 3 is 2.62 bits per heavy atom. The summed E-state index contributed by atoms with van der Waals surface area (Å²) in [6, 6.07) is 12.0. The first-order valence-corrected chi connectivity index (χ1v) is 9.46. The number of nitrogens with two attached hydrogens (primary N) is 1. The smallest absolute Gasteiger partial charge is 0.252 e. The summed E-state index contributed by atoms with van der Waals surface area (Å²) in [5.41, 5.74) is 7.80. The van der Waals surface area contributed by atoms with E-state index in [2.05, 4.69) is 17.4 Å². The van der Waals surface area contributed by atoms with E-state index in [1.54, 1.807) is 11.4 Å². The first-order chi connectivity index (χ1) is 12.2. The Bertz CT molecular complexity index is 709. The highest BCUT2D eigenvalue weighted by Gasteiger charge is 2.34. The molecule has 0 spiro atoms. The maximum atomic E-state index is 12.5. The van der Waals surface area contributed by atoms with Crippen LogP contribution in [-0.4, -0.2) is 42.9 Å². The molecule has 140 valence electrons. The van der Waals surface area contributed by atoms with Crippen molar-refractivity contribution < 1.29 is 9.59 Å². The van der Waals surface area contributed by atoms with Crippen molar-refractivity contribution in [2.24, 2.45) is 11.7 Å². The highest BCUT2D eigenvalue weighted by molar-refractivity contribution is 7.08. The molecule has 0 aliphatic carbocycles. The van der Waals surface area contributed by atoms with Crippen molar-refractivity contribution in [1.29, 1.82) is 0 Å². The van der Waals surface area contributed by atoms with E-state index in [4.69, 9.17) is 5.73 Å². The van der Waals surface area contributed by atoms with Crippen LogP contribution in [0.1, 0.15) is 28.3 Å². The Hall–Kier alpha value is -1.89. The second-order valence-electron chi connectivity index (χ2n) is 6.33. The second kappa shape index (κ2) is 9.71. The molecule has 0 saturated carbocycles. The molecule has 0 unspecified atom stereocenters. The molecule has 1 aromatic carbocycles. The maximum Gasteiger partial charge on any atom is 0.252 e. The Kier molecular flexibility index (Phi) is 7.63. The van der Waals surface area contributed by atoms with Gasteiger partial charge in [-0.3, -0.25) is 9.59 Å². The minimum Gasteiger partial charge on any atom is -0.351 e. The van der Waals surface area contributed by atoms with Gasteiger partial charge in [-0.15, -0.1) is 12.4 Å². The number of benzene rings is 1. The monoisotopic (exact) mass is 393 g/mol. The van der Waals surface area contributed by atoms with Crippen LogP contribution in [0.2, 0.25) is 0 Å². The number of nitrogens with one attached hydrogen (secondary N) is 1. The molecular weight excluding hydrogens is 370 g/mol. The van der Waals surface area contributed by atoms with Crippen LogP contribution in [-0.2, 0) is 4.79 Å². The van der Waals surface area contributed by atoms with Gasteiger partial charge in [0.25, 0.3) is 5.91 Å². The minimum atomic E-state index is -0.127. The van der Waals surface area contributed by atoms with Crippen LogP contribution in [0, 0.1) is 5.92 Å². The third kappa shape index (κ3) is 4.84. The molecule has 0 bridgehead atoms. The van der Waals surface area contributed by atoms with Gasteiger partial charge in [0.2, 0.25) is 5.91 Å². The maximum absolute atomic E-state index is 12.5. The van der Waals surface area contributed by atoms with Crippen LogP contribution in [0.25, 0.3) is 0 Å². The molecule has 2 amide bonds. The fraction of sp³-hybridized carbons (Fsp3) is 0.368. The Morgan fingerprint density at radius 2 is 1.96 bits per heavy atom. The van der Waals surface area contributed by atoms with Gasteiger partial charge in [-0.05, 0) is 29.5 Å². The Labute approximate surface area is 164 Å². The van der Waals surface area contributed by atoms with Crippen molar-refractivity contribution >= 4 is 35.6 Å². The van der Waals surface area contributed by atoms with Crippen LogP contribution >= 0.6 is 23.7 Å². The van der Waals surface area contributed by atoms with Crippen molar-refractivity contribution in [2.75, 3.05) is 26.2 Å². The lowest BCUT2D eigenvalue weighted by molar-refractivity contribution is -0.130. The van der Waals surface area contributed by atoms with Gasteiger partial charge in [-0.25, -0.2) is 0 Å². The molecule has 1 aromatic heterocycles. The molecule has 0 radical (unpaired) electrons. The SMILES string of the molecule is Cl.NC[C@@H]1CN(C(=O)CCNC(=O)c2ccsc2)C[C@H]1c1ccccc1. The summed E-state index contributed by atoms with van der Waals surface area (Å²) in [4.78, 5) is 26.3. The number of carbonyl (C=O) groups excluding carboxylic acids is 2.